The van der Waals surface area contributed by atoms with Gasteiger partial charge in [-0.3, -0.25) is 0 Å². The monoisotopic (exact) mass is 449 g/mol. The highest BCUT2D eigenvalue weighted by Crippen LogP contribution is 2.26. The lowest BCUT2D eigenvalue weighted by Gasteiger charge is -2.22. The van der Waals surface area contributed by atoms with E-state index in [0.717, 1.165) is 40.0 Å². The first-order chi connectivity index (χ1) is 15.7. The van der Waals surface area contributed by atoms with Crippen LogP contribution < -0.4 is 10.6 Å². The number of nitrogens with one attached hydrogen (secondary N) is 2. The number of pyridine rings is 1. The molecule has 2 N–H and O–H groups in total. The van der Waals surface area contributed by atoms with Crippen LogP contribution in [-0.2, 0) is 27.1 Å². The van der Waals surface area contributed by atoms with E-state index >= 15 is 0 Å². The zero-order valence-corrected chi connectivity index (χ0v) is 19.8. The molecular formula is C26H31N3O4. The fraction of sp³-hybridized carbons (Fsp3) is 0.346. The van der Waals surface area contributed by atoms with Gasteiger partial charge in [-0.05, 0) is 56.3 Å². The summed E-state index contributed by atoms with van der Waals surface area (Å²) in [4.78, 5) is 29.1. The van der Waals surface area contributed by atoms with Gasteiger partial charge in [0.05, 0.1) is 7.11 Å². The molecule has 3 rings (SSSR count). The molecule has 1 amide bonds. The highest BCUT2D eigenvalue weighted by atomic mass is 16.6. The van der Waals surface area contributed by atoms with Crippen molar-refractivity contribution in [1.29, 1.82) is 0 Å². The van der Waals surface area contributed by atoms with E-state index in [-0.39, 0.29) is 6.42 Å². The Kier molecular flexibility index (Phi) is 7.53. The Morgan fingerprint density at radius 2 is 1.76 bits per heavy atom. The number of nitrogens with zero attached hydrogens (tertiary/aromatic N) is 1. The molecule has 3 aromatic rings. The van der Waals surface area contributed by atoms with Gasteiger partial charge in [0, 0.05) is 23.2 Å². The summed E-state index contributed by atoms with van der Waals surface area (Å²) in [5.74, 6) is 0.270. The quantitative estimate of drug-likeness (QED) is 0.485. The number of methoxy groups -OCH3 is 1. The summed E-state index contributed by atoms with van der Waals surface area (Å²) in [6, 6.07) is 17.0. The molecule has 0 fully saturated rings. The maximum Gasteiger partial charge on any atom is 0.408 e. The second kappa shape index (κ2) is 10.3. The van der Waals surface area contributed by atoms with Crippen LogP contribution in [0.25, 0.3) is 10.8 Å². The summed E-state index contributed by atoms with van der Waals surface area (Å²) in [6.45, 7) is 7.37. The van der Waals surface area contributed by atoms with E-state index in [1.165, 1.54) is 7.11 Å². The van der Waals surface area contributed by atoms with E-state index in [2.05, 4.69) is 29.7 Å². The van der Waals surface area contributed by atoms with E-state index < -0.39 is 23.7 Å². The Morgan fingerprint density at radius 3 is 2.39 bits per heavy atom. The summed E-state index contributed by atoms with van der Waals surface area (Å²) in [5, 5.41) is 8.18. The van der Waals surface area contributed by atoms with Gasteiger partial charge in [0.1, 0.15) is 17.5 Å². The van der Waals surface area contributed by atoms with Crippen LogP contribution in [0, 0.1) is 0 Å². The number of alkyl carbamates (subject to hydrolysis) is 1. The lowest BCUT2D eigenvalue weighted by molar-refractivity contribution is -0.143. The first-order valence-electron chi connectivity index (χ1n) is 11.0. The van der Waals surface area contributed by atoms with E-state index in [0.29, 0.717) is 0 Å². The SMILES string of the molecule is CCc1cc2ccccc2c(Nc2ccc(C[C@H](NC(=O)OC(C)(C)C)C(=O)OC)cc2)n1. The molecule has 1 heterocycles. The Balaban J connectivity index is 1.74. The summed E-state index contributed by atoms with van der Waals surface area (Å²) >= 11 is 0. The summed E-state index contributed by atoms with van der Waals surface area (Å²) in [7, 11) is 1.29. The van der Waals surface area contributed by atoms with E-state index in [1.807, 2.05) is 42.5 Å². The molecule has 0 unspecified atom stereocenters. The number of aromatic nitrogens is 1. The predicted octanol–water partition coefficient (Wildman–Crippen LogP) is 5.15. The second-order valence-corrected chi connectivity index (χ2v) is 8.78. The van der Waals surface area contributed by atoms with Gasteiger partial charge in [-0.1, -0.05) is 43.3 Å². The van der Waals surface area contributed by atoms with Crippen LogP contribution in [0.5, 0.6) is 0 Å². The molecule has 1 atom stereocenters. The molecule has 174 valence electrons. The number of ether oxygens (including phenoxy) is 2. The molecule has 1 aromatic heterocycles. The minimum absolute atomic E-state index is 0.276. The van der Waals surface area contributed by atoms with Crippen molar-refractivity contribution < 1.29 is 19.1 Å². The predicted molar refractivity (Wildman–Crippen MR) is 130 cm³/mol. The smallest absolute Gasteiger partial charge is 0.408 e. The van der Waals surface area contributed by atoms with Crippen molar-refractivity contribution in [3.05, 3.63) is 65.9 Å². The number of anilines is 2. The van der Waals surface area contributed by atoms with E-state index in [1.54, 1.807) is 20.8 Å². The minimum atomic E-state index is -0.851. The Bertz CT molecular complexity index is 1120. The normalized spacial score (nSPS) is 12.2. The third kappa shape index (κ3) is 6.68. The summed E-state index contributed by atoms with van der Waals surface area (Å²) < 4.78 is 10.1. The zero-order valence-electron chi connectivity index (χ0n) is 19.8. The van der Waals surface area contributed by atoms with Crippen molar-refractivity contribution in [2.75, 3.05) is 12.4 Å². The number of fused-ring (bicyclic) bond motifs is 1. The van der Waals surface area contributed by atoms with Crippen molar-refractivity contribution in [3.8, 4) is 0 Å². The average molecular weight is 450 g/mol. The Morgan fingerprint density at radius 1 is 1.06 bits per heavy atom. The number of amides is 1. The molecule has 0 radical (unpaired) electrons. The summed E-state index contributed by atoms with van der Waals surface area (Å²) in [5.41, 5.74) is 2.10. The van der Waals surface area contributed by atoms with Crippen LogP contribution in [0.3, 0.4) is 0 Å². The van der Waals surface area contributed by atoms with Crippen molar-refractivity contribution in [1.82, 2.24) is 10.3 Å². The fourth-order valence-corrected chi connectivity index (χ4v) is 3.41. The second-order valence-electron chi connectivity index (χ2n) is 8.78. The molecule has 7 nitrogen and oxygen atoms in total. The van der Waals surface area contributed by atoms with E-state index in [9.17, 15) is 9.59 Å². The van der Waals surface area contributed by atoms with Gasteiger partial charge in [-0.25, -0.2) is 14.6 Å². The third-order valence-corrected chi connectivity index (χ3v) is 4.99. The van der Waals surface area contributed by atoms with Gasteiger partial charge < -0.3 is 20.1 Å². The standard InChI is InChI=1S/C26H31N3O4/c1-6-19-16-18-9-7-8-10-21(18)23(27-19)28-20-13-11-17(12-14-20)15-22(24(30)32-5)29-25(31)33-26(2,3)4/h7-14,16,22H,6,15H2,1-5H3,(H,27,28)(H,29,31)/t22-/m0/s1. The maximum absolute atomic E-state index is 12.2. The number of benzene rings is 2. The molecule has 7 heteroatoms. The van der Waals surface area contributed by atoms with Crippen molar-refractivity contribution in [2.45, 2.75) is 52.2 Å². The molecule has 0 saturated carbocycles. The molecular weight excluding hydrogens is 418 g/mol. The Hall–Kier alpha value is -3.61. The number of carbonyl (C=O) groups is 2. The van der Waals surface area contributed by atoms with Crippen molar-refractivity contribution >= 4 is 34.3 Å². The molecule has 33 heavy (non-hydrogen) atoms. The molecule has 0 spiro atoms. The number of aryl methyl sites for hydroxylation is 1. The molecule has 0 aliphatic heterocycles. The number of carbonyl (C=O) groups excluding carboxylic acids is 2. The van der Waals surface area contributed by atoms with Gasteiger partial charge in [-0.2, -0.15) is 0 Å². The lowest BCUT2D eigenvalue weighted by Crippen LogP contribution is -2.45. The van der Waals surface area contributed by atoms with Crippen LogP contribution in [0.15, 0.2) is 54.6 Å². The van der Waals surface area contributed by atoms with Gasteiger partial charge in [0.2, 0.25) is 0 Å². The van der Waals surface area contributed by atoms with Crippen molar-refractivity contribution in [3.63, 3.8) is 0 Å². The number of esters is 1. The van der Waals surface area contributed by atoms with Crippen LogP contribution in [-0.4, -0.2) is 35.8 Å². The van der Waals surface area contributed by atoms with Crippen LogP contribution in [0.4, 0.5) is 16.3 Å². The molecule has 0 aliphatic rings. The van der Waals surface area contributed by atoms with Gasteiger partial charge in [-0.15, -0.1) is 0 Å². The largest absolute Gasteiger partial charge is 0.467 e. The fourth-order valence-electron chi connectivity index (χ4n) is 3.41. The van der Waals surface area contributed by atoms with Crippen LogP contribution in [0.2, 0.25) is 0 Å². The first kappa shape index (κ1) is 24.0. The molecule has 0 aliphatic carbocycles. The van der Waals surface area contributed by atoms with Crippen LogP contribution in [0.1, 0.15) is 39.0 Å². The molecule has 2 aromatic carbocycles. The summed E-state index contributed by atoms with van der Waals surface area (Å²) in [6.07, 6.45) is 0.460. The molecule has 0 saturated heterocycles. The minimum Gasteiger partial charge on any atom is -0.467 e. The van der Waals surface area contributed by atoms with Gasteiger partial charge in [0.15, 0.2) is 0 Å². The average Bonchev–Trinajstić information content (AvgIpc) is 2.78. The van der Waals surface area contributed by atoms with E-state index in [4.69, 9.17) is 14.5 Å². The lowest BCUT2D eigenvalue weighted by atomic mass is 10.1. The zero-order chi connectivity index (χ0) is 24.0. The van der Waals surface area contributed by atoms with Gasteiger partial charge >= 0.3 is 12.1 Å². The van der Waals surface area contributed by atoms with Crippen molar-refractivity contribution in [2.24, 2.45) is 0 Å². The van der Waals surface area contributed by atoms with Crippen LogP contribution >= 0.6 is 0 Å². The highest BCUT2D eigenvalue weighted by molar-refractivity contribution is 5.93. The Labute approximate surface area is 194 Å². The first-order valence-corrected chi connectivity index (χ1v) is 11.0. The van der Waals surface area contributed by atoms with Gasteiger partial charge in [0.25, 0.3) is 0 Å². The third-order valence-electron chi connectivity index (χ3n) is 4.99. The highest BCUT2D eigenvalue weighted by Gasteiger charge is 2.25. The number of rotatable bonds is 7. The number of hydrogen-bond acceptors (Lipinski definition) is 6. The molecule has 0 bridgehead atoms. The number of hydrogen-bond donors (Lipinski definition) is 2. The topological polar surface area (TPSA) is 89.6 Å². The maximum atomic E-state index is 12.2.